The molecule has 2 aromatic rings. The number of aromatic nitrogens is 1. The van der Waals surface area contributed by atoms with E-state index in [9.17, 15) is 4.79 Å². The van der Waals surface area contributed by atoms with E-state index >= 15 is 0 Å². The molecular formula is C18H23N3O. The minimum absolute atomic E-state index is 0.0106. The fourth-order valence-corrected chi connectivity index (χ4v) is 3.15. The molecule has 0 unspecified atom stereocenters. The summed E-state index contributed by atoms with van der Waals surface area (Å²) in [6, 6.07) is 14.2. The molecule has 2 atom stereocenters. The predicted octanol–water partition coefficient (Wildman–Crippen LogP) is 3.43. The summed E-state index contributed by atoms with van der Waals surface area (Å²) < 4.78 is 2.29. The molecule has 0 saturated carbocycles. The van der Waals surface area contributed by atoms with Crippen molar-refractivity contribution in [3.8, 4) is 0 Å². The van der Waals surface area contributed by atoms with Crippen LogP contribution in [0.5, 0.6) is 0 Å². The second-order valence-electron chi connectivity index (χ2n) is 5.95. The van der Waals surface area contributed by atoms with Gasteiger partial charge in [-0.1, -0.05) is 30.3 Å². The van der Waals surface area contributed by atoms with Gasteiger partial charge in [0.05, 0.1) is 6.04 Å². The highest BCUT2D eigenvalue weighted by Crippen LogP contribution is 2.26. The molecule has 1 aliphatic heterocycles. The standard InChI is InChI=1S/C18H23N3O/c1-14(15-7-3-2-4-8-15)20-18(22)19-13-16-9-5-11-21-12-6-10-17(16)21/h2-4,6-8,10,12,14,16H,5,9,11,13H2,1H3,(H2,19,20,22)/t14-,16+/m0/s1. The number of amides is 2. The number of urea groups is 1. The summed E-state index contributed by atoms with van der Waals surface area (Å²) in [5, 5.41) is 6.02. The molecule has 1 aliphatic rings. The van der Waals surface area contributed by atoms with Crippen LogP contribution < -0.4 is 10.6 Å². The first-order chi connectivity index (χ1) is 10.7. The van der Waals surface area contributed by atoms with Crippen LogP contribution >= 0.6 is 0 Å². The van der Waals surface area contributed by atoms with Crippen LogP contribution in [0.4, 0.5) is 4.79 Å². The van der Waals surface area contributed by atoms with Gasteiger partial charge in [0.2, 0.25) is 0 Å². The van der Waals surface area contributed by atoms with E-state index in [0.717, 1.165) is 18.5 Å². The monoisotopic (exact) mass is 297 g/mol. The van der Waals surface area contributed by atoms with Crippen LogP contribution in [-0.2, 0) is 6.54 Å². The van der Waals surface area contributed by atoms with Gasteiger partial charge < -0.3 is 15.2 Å². The average molecular weight is 297 g/mol. The molecule has 2 N–H and O–H groups in total. The minimum atomic E-state index is -0.0972. The highest BCUT2D eigenvalue weighted by atomic mass is 16.2. The van der Waals surface area contributed by atoms with E-state index in [2.05, 4.69) is 33.5 Å². The van der Waals surface area contributed by atoms with Gasteiger partial charge in [-0.15, -0.1) is 0 Å². The zero-order chi connectivity index (χ0) is 15.4. The van der Waals surface area contributed by atoms with Gasteiger partial charge in [-0.3, -0.25) is 0 Å². The maximum atomic E-state index is 12.1. The van der Waals surface area contributed by atoms with E-state index in [4.69, 9.17) is 0 Å². The Balaban J connectivity index is 1.51. The second-order valence-corrected chi connectivity index (χ2v) is 5.95. The summed E-state index contributed by atoms with van der Waals surface area (Å²) in [6.07, 6.45) is 4.44. The normalized spacial score (nSPS) is 18.3. The lowest BCUT2D eigenvalue weighted by Gasteiger charge is -2.25. The van der Waals surface area contributed by atoms with E-state index in [-0.39, 0.29) is 12.1 Å². The third kappa shape index (κ3) is 3.32. The summed E-state index contributed by atoms with van der Waals surface area (Å²) in [5.74, 6) is 0.418. The molecule has 0 fully saturated rings. The van der Waals surface area contributed by atoms with E-state index < -0.39 is 0 Å². The lowest BCUT2D eigenvalue weighted by molar-refractivity contribution is 0.236. The van der Waals surface area contributed by atoms with Crippen molar-refractivity contribution in [3.63, 3.8) is 0 Å². The van der Waals surface area contributed by atoms with Crippen LogP contribution in [0.1, 0.15) is 43.0 Å². The zero-order valence-electron chi connectivity index (χ0n) is 13.0. The fourth-order valence-electron chi connectivity index (χ4n) is 3.15. The average Bonchev–Trinajstić information content (AvgIpc) is 3.03. The lowest BCUT2D eigenvalue weighted by atomic mass is 9.96. The molecule has 0 spiro atoms. The molecule has 0 saturated heterocycles. The number of nitrogens with one attached hydrogen (secondary N) is 2. The number of fused-ring (bicyclic) bond motifs is 1. The minimum Gasteiger partial charge on any atom is -0.351 e. The van der Waals surface area contributed by atoms with Crippen molar-refractivity contribution in [2.24, 2.45) is 0 Å². The van der Waals surface area contributed by atoms with Gasteiger partial charge in [0.25, 0.3) is 0 Å². The maximum absolute atomic E-state index is 12.1. The van der Waals surface area contributed by atoms with Crippen molar-refractivity contribution < 1.29 is 4.79 Å². The highest BCUT2D eigenvalue weighted by Gasteiger charge is 2.20. The van der Waals surface area contributed by atoms with Gasteiger partial charge in [-0.05, 0) is 37.5 Å². The van der Waals surface area contributed by atoms with Crippen molar-refractivity contribution >= 4 is 6.03 Å². The van der Waals surface area contributed by atoms with Crippen LogP contribution in [0.2, 0.25) is 0 Å². The van der Waals surface area contributed by atoms with Gasteiger partial charge >= 0.3 is 6.03 Å². The number of nitrogens with zero attached hydrogens (tertiary/aromatic N) is 1. The van der Waals surface area contributed by atoms with E-state index in [1.165, 1.54) is 12.1 Å². The molecule has 1 aromatic heterocycles. The van der Waals surface area contributed by atoms with Crippen molar-refractivity contribution in [1.82, 2.24) is 15.2 Å². The van der Waals surface area contributed by atoms with Crippen molar-refractivity contribution in [2.75, 3.05) is 6.54 Å². The van der Waals surface area contributed by atoms with Crippen LogP contribution in [0.25, 0.3) is 0 Å². The molecule has 2 amide bonds. The van der Waals surface area contributed by atoms with Gasteiger partial charge in [-0.25, -0.2) is 4.79 Å². The summed E-state index contributed by atoms with van der Waals surface area (Å²) in [5.41, 5.74) is 2.45. The highest BCUT2D eigenvalue weighted by molar-refractivity contribution is 5.74. The molecule has 116 valence electrons. The summed E-state index contributed by atoms with van der Waals surface area (Å²) in [6.45, 7) is 3.79. The fraction of sp³-hybridized carbons (Fsp3) is 0.389. The Morgan fingerprint density at radius 2 is 2.09 bits per heavy atom. The second kappa shape index (κ2) is 6.69. The smallest absolute Gasteiger partial charge is 0.315 e. The molecule has 3 rings (SSSR count). The van der Waals surface area contributed by atoms with Gasteiger partial charge in [0, 0.05) is 30.9 Å². The molecule has 2 heterocycles. The summed E-state index contributed by atoms with van der Waals surface area (Å²) >= 11 is 0. The van der Waals surface area contributed by atoms with Crippen LogP contribution in [0.15, 0.2) is 48.7 Å². The number of rotatable bonds is 4. The number of aryl methyl sites for hydroxylation is 1. The van der Waals surface area contributed by atoms with Crippen LogP contribution in [0, 0.1) is 0 Å². The molecular weight excluding hydrogens is 274 g/mol. The number of benzene rings is 1. The Labute approximate surface area is 131 Å². The quantitative estimate of drug-likeness (QED) is 0.892. The number of carbonyl (C=O) groups is 1. The zero-order valence-corrected chi connectivity index (χ0v) is 13.0. The number of hydrogen-bond acceptors (Lipinski definition) is 1. The number of hydrogen-bond donors (Lipinski definition) is 2. The molecule has 4 nitrogen and oxygen atoms in total. The first-order valence-corrected chi connectivity index (χ1v) is 7.98. The Morgan fingerprint density at radius 3 is 2.91 bits per heavy atom. The van der Waals surface area contributed by atoms with Crippen LogP contribution in [0.3, 0.4) is 0 Å². The Bertz CT molecular complexity index is 620. The maximum Gasteiger partial charge on any atom is 0.315 e. The van der Waals surface area contributed by atoms with Crippen molar-refractivity contribution in [1.29, 1.82) is 0 Å². The first-order valence-electron chi connectivity index (χ1n) is 7.98. The molecule has 0 aliphatic carbocycles. The van der Waals surface area contributed by atoms with Gasteiger partial charge in [-0.2, -0.15) is 0 Å². The molecule has 0 radical (unpaired) electrons. The Hall–Kier alpha value is -2.23. The van der Waals surface area contributed by atoms with Crippen LogP contribution in [-0.4, -0.2) is 17.1 Å². The Kier molecular flexibility index (Phi) is 4.47. The van der Waals surface area contributed by atoms with Crippen molar-refractivity contribution in [2.45, 2.75) is 38.3 Å². The summed E-state index contributed by atoms with van der Waals surface area (Å²) in [4.78, 5) is 12.1. The largest absolute Gasteiger partial charge is 0.351 e. The van der Waals surface area contributed by atoms with E-state index in [0.29, 0.717) is 12.5 Å². The molecule has 22 heavy (non-hydrogen) atoms. The lowest BCUT2D eigenvalue weighted by Crippen LogP contribution is -2.39. The van der Waals surface area contributed by atoms with Gasteiger partial charge in [0.1, 0.15) is 0 Å². The topological polar surface area (TPSA) is 46.1 Å². The number of carbonyl (C=O) groups excluding carboxylic acids is 1. The third-order valence-corrected chi connectivity index (χ3v) is 4.39. The third-order valence-electron chi connectivity index (χ3n) is 4.39. The molecule has 4 heteroatoms. The Morgan fingerprint density at radius 1 is 1.27 bits per heavy atom. The SMILES string of the molecule is C[C@H](NC(=O)NC[C@H]1CCCn2cccc21)c1ccccc1. The molecule has 0 bridgehead atoms. The first kappa shape index (κ1) is 14.7. The predicted molar refractivity (Wildman–Crippen MR) is 87.8 cm³/mol. The molecule has 1 aromatic carbocycles. The van der Waals surface area contributed by atoms with Gasteiger partial charge in [0.15, 0.2) is 0 Å². The van der Waals surface area contributed by atoms with E-state index in [1.807, 2.05) is 37.3 Å². The van der Waals surface area contributed by atoms with E-state index in [1.54, 1.807) is 0 Å². The van der Waals surface area contributed by atoms with Crippen molar-refractivity contribution in [3.05, 3.63) is 59.9 Å². The summed E-state index contributed by atoms with van der Waals surface area (Å²) in [7, 11) is 0.